The van der Waals surface area contributed by atoms with E-state index in [9.17, 15) is 50.4 Å². The lowest BCUT2D eigenvalue weighted by molar-refractivity contribution is -0.345. The molecular weight excluding hydrogens is 937 g/mol. The van der Waals surface area contributed by atoms with Crippen LogP contribution in [0.15, 0.2) is 48.6 Å². The van der Waals surface area contributed by atoms with Crippen LogP contribution >= 0.6 is 0 Å². The minimum Gasteiger partial charge on any atom is -0.458 e. The number of ether oxygens (including phenoxy) is 8. The zero-order valence-electron chi connectivity index (χ0n) is 44.4. The van der Waals surface area contributed by atoms with E-state index in [0.29, 0.717) is 12.8 Å². The summed E-state index contributed by atoms with van der Waals surface area (Å²) in [5.74, 6) is -9.84. The second-order valence-corrected chi connectivity index (χ2v) is 21.7. The molecule has 0 amide bonds. The van der Waals surface area contributed by atoms with Crippen molar-refractivity contribution in [1.29, 1.82) is 0 Å². The van der Waals surface area contributed by atoms with Crippen molar-refractivity contribution in [3.63, 3.8) is 0 Å². The molecule has 0 aromatic carbocycles. The van der Waals surface area contributed by atoms with E-state index < -0.39 is 157 Å². The average molecular weight is 1030 g/mol. The summed E-state index contributed by atoms with van der Waals surface area (Å²) in [6.45, 7) is 21.3. The summed E-state index contributed by atoms with van der Waals surface area (Å²) in [5, 5.41) is 89.6. The molecular formula is C54H88O18. The third-order valence-electron chi connectivity index (χ3n) is 16.5. The number of cyclic esters (lactones) is 2. The van der Waals surface area contributed by atoms with E-state index in [1.54, 1.807) is 79.7 Å². The molecule has 18 nitrogen and oxygen atoms in total. The number of aliphatic hydroxyl groups is 8. The van der Waals surface area contributed by atoms with Gasteiger partial charge in [-0.3, -0.25) is 0 Å². The first-order valence-corrected chi connectivity index (χ1v) is 26.4. The first kappa shape index (κ1) is 60.2. The highest BCUT2D eigenvalue weighted by molar-refractivity contribution is 5.83. The number of allylic oxidation sites excluding steroid dienone is 4. The Kier molecular flexibility index (Phi) is 21.7. The molecule has 0 radical (unpaired) electrons. The Hall–Kier alpha value is -2.66. The highest BCUT2D eigenvalue weighted by Gasteiger charge is 2.54. The van der Waals surface area contributed by atoms with Gasteiger partial charge < -0.3 is 78.7 Å². The normalized spacial score (nSPS) is 46.1. The van der Waals surface area contributed by atoms with Crippen molar-refractivity contribution in [1.82, 2.24) is 0 Å². The Morgan fingerprint density at radius 3 is 1.25 bits per heavy atom. The summed E-state index contributed by atoms with van der Waals surface area (Å²) in [6, 6.07) is 0. The van der Waals surface area contributed by atoms with Crippen LogP contribution in [0, 0.1) is 47.3 Å². The fraction of sp³-hybridized carbons (Fsp3) is 0.815. The van der Waals surface area contributed by atoms with Gasteiger partial charge in [-0.1, -0.05) is 91.8 Å². The van der Waals surface area contributed by atoms with Crippen LogP contribution in [0.5, 0.6) is 0 Å². The maximum Gasteiger partial charge on any atom is 0.331 e. The van der Waals surface area contributed by atoms with E-state index >= 15 is 0 Å². The van der Waals surface area contributed by atoms with Gasteiger partial charge in [-0.2, -0.15) is 0 Å². The fourth-order valence-corrected chi connectivity index (χ4v) is 11.6. The molecule has 5 rings (SSSR count). The van der Waals surface area contributed by atoms with Gasteiger partial charge in [-0.05, 0) is 40.5 Å². The van der Waals surface area contributed by atoms with Crippen molar-refractivity contribution in [2.45, 2.75) is 231 Å². The van der Waals surface area contributed by atoms with Crippen LogP contribution < -0.4 is 0 Å². The quantitative estimate of drug-likeness (QED) is 0.114. The number of aliphatic hydroxyl groups excluding tert-OH is 6. The van der Waals surface area contributed by atoms with Gasteiger partial charge in [0.15, 0.2) is 24.2 Å². The van der Waals surface area contributed by atoms with Gasteiger partial charge in [0.25, 0.3) is 0 Å². The Labute approximate surface area is 426 Å². The smallest absolute Gasteiger partial charge is 0.331 e. The predicted molar refractivity (Wildman–Crippen MR) is 263 cm³/mol. The highest BCUT2D eigenvalue weighted by Crippen LogP contribution is 2.45. The van der Waals surface area contributed by atoms with Gasteiger partial charge in [0.2, 0.25) is 0 Å². The molecule has 0 bridgehead atoms. The molecule has 8 N–H and O–H groups in total. The number of carbonyl (C=O) groups is 2. The summed E-state index contributed by atoms with van der Waals surface area (Å²) in [5.41, 5.74) is 0. The Morgan fingerprint density at radius 1 is 0.583 bits per heavy atom. The maximum absolute atomic E-state index is 13.5. The largest absolute Gasteiger partial charge is 0.458 e. The molecule has 5 aliphatic rings. The summed E-state index contributed by atoms with van der Waals surface area (Å²) >= 11 is 0. The zero-order valence-corrected chi connectivity index (χ0v) is 44.4. The van der Waals surface area contributed by atoms with E-state index in [0.717, 1.165) is 0 Å². The summed E-state index contributed by atoms with van der Waals surface area (Å²) < 4.78 is 49.1. The molecule has 0 aromatic rings. The lowest BCUT2D eigenvalue weighted by atomic mass is 9.76. The van der Waals surface area contributed by atoms with Crippen LogP contribution in [0.3, 0.4) is 0 Å². The van der Waals surface area contributed by atoms with Crippen LogP contribution in [-0.2, 0) is 47.5 Å². The van der Waals surface area contributed by atoms with Crippen LogP contribution in [0.4, 0.5) is 0 Å². The Bertz CT molecular complexity index is 1710. The van der Waals surface area contributed by atoms with Crippen LogP contribution in [-0.4, -0.2) is 162 Å². The molecule has 3 unspecified atom stereocenters. The molecule has 412 valence electrons. The van der Waals surface area contributed by atoms with E-state index in [2.05, 4.69) is 0 Å². The van der Waals surface area contributed by atoms with E-state index in [1.165, 1.54) is 24.3 Å². The van der Waals surface area contributed by atoms with Crippen molar-refractivity contribution in [2.75, 3.05) is 0 Å². The summed E-state index contributed by atoms with van der Waals surface area (Å²) in [6.07, 6.45) is -0.317. The molecule has 26 atom stereocenters. The van der Waals surface area contributed by atoms with Crippen molar-refractivity contribution < 1.29 is 88.3 Å². The van der Waals surface area contributed by atoms with Gasteiger partial charge in [0.05, 0.1) is 61.0 Å². The minimum atomic E-state index is -1.88. The molecule has 4 fully saturated rings. The standard InChI is InChI=1S/C54H88O18/c1-13-37-33(9)71-53(63,25-41(37)67-45-23-39(55)49(61)35(11)65-45)31(7)47(59)29(5)51-27(3)19-15-17-22-44(58)70-52(28(4)20-16-18-21-43(57)69-51)30(6)48(60)32(8)54(64)26-42(38(14-2)34(10)72-54)68-46-24-40(56)50(62)36(12)66-46/h15-22,27-42,45-52,55-56,59-64H,13-14,23-26H2,1-12H3/b19-15+,20-16+,21-18+,22-17+/t27-,28-,29-,30-,31-,32-,33+,34+,35-,36-,37+,38+,39-,40-,41+,42+,45-,46?,47+,48+,49+,50+,51?,52?,53+,54+/m0/s1. The molecule has 0 aliphatic carbocycles. The molecule has 5 aliphatic heterocycles. The van der Waals surface area contributed by atoms with Crippen molar-refractivity contribution in [2.24, 2.45) is 47.3 Å². The summed E-state index contributed by atoms with van der Waals surface area (Å²) in [4.78, 5) is 27.0. The Balaban J connectivity index is 1.28. The number of rotatable bonds is 14. The van der Waals surface area contributed by atoms with Gasteiger partial charge >= 0.3 is 11.9 Å². The average Bonchev–Trinajstić information content (AvgIpc) is 3.31. The Morgan fingerprint density at radius 2 is 0.931 bits per heavy atom. The number of hydrogen-bond acceptors (Lipinski definition) is 18. The van der Waals surface area contributed by atoms with E-state index in [1.807, 2.05) is 27.7 Å². The van der Waals surface area contributed by atoms with Crippen molar-refractivity contribution in [3.8, 4) is 0 Å². The number of hydrogen-bond donors (Lipinski definition) is 8. The minimum absolute atomic E-state index is 0.0264. The van der Waals surface area contributed by atoms with Crippen molar-refractivity contribution in [3.05, 3.63) is 48.6 Å². The molecule has 0 spiro atoms. The summed E-state index contributed by atoms with van der Waals surface area (Å²) in [7, 11) is 0. The second kappa shape index (κ2) is 25.9. The first-order chi connectivity index (χ1) is 33.7. The van der Waals surface area contributed by atoms with Gasteiger partial charge in [0, 0.05) is 85.2 Å². The van der Waals surface area contributed by atoms with Crippen LogP contribution in [0.25, 0.3) is 0 Å². The molecule has 5 heterocycles. The molecule has 4 saturated heterocycles. The highest BCUT2D eigenvalue weighted by atomic mass is 16.7. The van der Waals surface area contributed by atoms with Gasteiger partial charge in [0.1, 0.15) is 24.4 Å². The number of carbonyl (C=O) groups excluding carboxylic acids is 2. The van der Waals surface area contributed by atoms with Crippen molar-refractivity contribution >= 4 is 11.9 Å². The number of esters is 2. The van der Waals surface area contributed by atoms with Crippen LogP contribution in [0.1, 0.15) is 122 Å². The van der Waals surface area contributed by atoms with Gasteiger partial charge in [-0.25, -0.2) is 9.59 Å². The zero-order chi connectivity index (χ0) is 53.6. The topological polar surface area (TPSA) is 270 Å². The SMILES string of the molecule is CC[C@@H]1[C@@H](C)O[C@@](O)([C@@H](C)[C@H](O)[C@H](C)C2OC(=O)/C=C/C=C/[C@H](C)C([C@@H](C)[C@@H](O)[C@H](C)[C@@]3(O)C[C@@H](O[C@H]4C[C@H](O)[C@H](O)[C@H](C)O4)[C@H](CC)[C@@H](C)O3)OC(=O)/C=C/C=C/[C@@H]2C)C[C@H]1OC1C[C@H](O)[C@H](O)[C@H](C)O1. The first-order valence-electron chi connectivity index (χ1n) is 26.4. The van der Waals surface area contributed by atoms with E-state index in [4.69, 9.17) is 37.9 Å². The third-order valence-corrected chi connectivity index (χ3v) is 16.5. The van der Waals surface area contributed by atoms with E-state index in [-0.39, 0.29) is 37.5 Å². The molecule has 72 heavy (non-hydrogen) atoms. The molecule has 18 heteroatoms. The fourth-order valence-electron chi connectivity index (χ4n) is 11.6. The van der Waals surface area contributed by atoms with Crippen LogP contribution in [0.2, 0.25) is 0 Å². The third kappa shape index (κ3) is 14.4. The molecule has 0 saturated carbocycles. The lowest BCUT2D eigenvalue weighted by Gasteiger charge is -2.50. The maximum atomic E-state index is 13.5. The monoisotopic (exact) mass is 1020 g/mol. The predicted octanol–water partition coefficient (Wildman–Crippen LogP) is 4.12. The second-order valence-electron chi connectivity index (χ2n) is 21.7. The lowest BCUT2D eigenvalue weighted by Crippen LogP contribution is -2.59. The molecule has 0 aromatic heterocycles. The van der Waals surface area contributed by atoms with Gasteiger partial charge in [-0.15, -0.1) is 0 Å².